The van der Waals surface area contributed by atoms with Gasteiger partial charge in [0.15, 0.2) is 11.5 Å². The van der Waals surface area contributed by atoms with Gasteiger partial charge in [-0.1, -0.05) is 6.07 Å². The van der Waals surface area contributed by atoms with Crippen molar-refractivity contribution in [2.24, 2.45) is 0 Å². The number of halogens is 1. The molecule has 2 N–H and O–H groups in total. The molecular weight excluding hydrogens is 257 g/mol. The zero-order valence-electron chi connectivity index (χ0n) is 10.3. The standard InChI is InChI=1S/C11H14FN3O4/c1-19-6-5-13-7-10(16)14-11-8(12)3-2-4-9(11)15(17)18/h2-4,13H,5-7H2,1H3,(H,14,16). The second-order valence-corrected chi connectivity index (χ2v) is 3.61. The number of nitrogens with zero attached hydrogens (tertiary/aromatic N) is 1. The summed E-state index contributed by atoms with van der Waals surface area (Å²) in [7, 11) is 1.52. The fourth-order valence-corrected chi connectivity index (χ4v) is 1.35. The molecule has 8 heteroatoms. The van der Waals surface area contributed by atoms with Crippen LogP contribution in [0.15, 0.2) is 18.2 Å². The lowest BCUT2D eigenvalue weighted by molar-refractivity contribution is -0.384. The number of nitro groups is 1. The summed E-state index contributed by atoms with van der Waals surface area (Å²) in [6.45, 7) is 0.783. The first-order valence-electron chi connectivity index (χ1n) is 5.48. The maximum atomic E-state index is 13.5. The number of carbonyl (C=O) groups is 1. The molecule has 0 aromatic heterocycles. The van der Waals surface area contributed by atoms with E-state index in [9.17, 15) is 19.3 Å². The highest BCUT2D eigenvalue weighted by Crippen LogP contribution is 2.26. The van der Waals surface area contributed by atoms with Crippen LogP contribution in [0.3, 0.4) is 0 Å². The summed E-state index contributed by atoms with van der Waals surface area (Å²) in [5.41, 5.74) is -0.906. The van der Waals surface area contributed by atoms with Crippen molar-refractivity contribution in [3.8, 4) is 0 Å². The Morgan fingerprint density at radius 2 is 2.26 bits per heavy atom. The first-order chi connectivity index (χ1) is 9.06. The zero-order valence-corrected chi connectivity index (χ0v) is 10.3. The van der Waals surface area contributed by atoms with E-state index in [1.165, 1.54) is 13.2 Å². The summed E-state index contributed by atoms with van der Waals surface area (Å²) in [6, 6.07) is 3.37. The molecule has 1 rings (SSSR count). The molecule has 1 aromatic carbocycles. The van der Waals surface area contributed by atoms with E-state index in [0.717, 1.165) is 12.1 Å². The molecular formula is C11H14FN3O4. The van der Waals surface area contributed by atoms with E-state index in [1.807, 2.05) is 0 Å². The van der Waals surface area contributed by atoms with E-state index < -0.39 is 28.0 Å². The number of methoxy groups -OCH3 is 1. The van der Waals surface area contributed by atoms with Crippen LogP contribution in [0.5, 0.6) is 0 Å². The molecule has 0 spiro atoms. The van der Waals surface area contributed by atoms with Crippen molar-refractivity contribution < 1.29 is 18.8 Å². The Balaban J connectivity index is 2.66. The van der Waals surface area contributed by atoms with Crippen molar-refractivity contribution in [1.82, 2.24) is 5.32 Å². The highest BCUT2D eigenvalue weighted by atomic mass is 19.1. The number of rotatable bonds is 7. The van der Waals surface area contributed by atoms with Crippen molar-refractivity contribution in [3.63, 3.8) is 0 Å². The second-order valence-electron chi connectivity index (χ2n) is 3.61. The van der Waals surface area contributed by atoms with Gasteiger partial charge >= 0.3 is 0 Å². The summed E-state index contributed by atoms with van der Waals surface area (Å²) >= 11 is 0. The minimum Gasteiger partial charge on any atom is -0.383 e. The Kier molecular flexibility index (Phi) is 5.83. The zero-order chi connectivity index (χ0) is 14.3. The monoisotopic (exact) mass is 271 g/mol. The van der Waals surface area contributed by atoms with Crippen molar-refractivity contribution in [1.29, 1.82) is 0 Å². The van der Waals surface area contributed by atoms with E-state index in [0.29, 0.717) is 13.2 Å². The summed E-state index contributed by atoms with van der Waals surface area (Å²) in [5.74, 6) is -1.41. The minimum absolute atomic E-state index is 0.0884. The van der Waals surface area contributed by atoms with E-state index >= 15 is 0 Å². The highest BCUT2D eigenvalue weighted by molar-refractivity contribution is 5.94. The van der Waals surface area contributed by atoms with Gasteiger partial charge in [-0.2, -0.15) is 0 Å². The van der Waals surface area contributed by atoms with Crippen LogP contribution in [0.1, 0.15) is 0 Å². The van der Waals surface area contributed by atoms with Gasteiger partial charge in [-0.3, -0.25) is 14.9 Å². The van der Waals surface area contributed by atoms with Gasteiger partial charge in [0, 0.05) is 19.7 Å². The molecule has 104 valence electrons. The van der Waals surface area contributed by atoms with Crippen molar-refractivity contribution in [2.75, 3.05) is 32.1 Å². The van der Waals surface area contributed by atoms with Gasteiger partial charge in [-0.25, -0.2) is 4.39 Å². The Bertz CT molecular complexity index is 467. The molecule has 7 nitrogen and oxygen atoms in total. The number of amides is 1. The smallest absolute Gasteiger partial charge is 0.295 e. The van der Waals surface area contributed by atoms with Gasteiger partial charge in [0.05, 0.1) is 18.1 Å². The van der Waals surface area contributed by atoms with Crippen molar-refractivity contribution in [3.05, 3.63) is 34.1 Å². The number of benzene rings is 1. The fraction of sp³-hybridized carbons (Fsp3) is 0.364. The Morgan fingerprint density at radius 3 is 2.89 bits per heavy atom. The SMILES string of the molecule is COCCNCC(=O)Nc1c(F)cccc1[N+](=O)[O-]. The van der Waals surface area contributed by atoms with E-state index in [2.05, 4.69) is 10.6 Å². The molecule has 0 bridgehead atoms. The van der Waals surface area contributed by atoms with Gasteiger partial charge in [0.2, 0.25) is 5.91 Å². The molecule has 0 aliphatic carbocycles. The lowest BCUT2D eigenvalue weighted by Crippen LogP contribution is -2.30. The maximum Gasteiger partial charge on any atom is 0.295 e. The van der Waals surface area contributed by atoms with Gasteiger partial charge in [-0.05, 0) is 6.07 Å². The van der Waals surface area contributed by atoms with Crippen LogP contribution in [0.25, 0.3) is 0 Å². The number of carbonyl (C=O) groups excluding carboxylic acids is 1. The Morgan fingerprint density at radius 1 is 1.53 bits per heavy atom. The Hall–Kier alpha value is -2.06. The number of anilines is 1. The van der Waals surface area contributed by atoms with E-state index in [1.54, 1.807) is 0 Å². The third-order valence-electron chi connectivity index (χ3n) is 2.22. The van der Waals surface area contributed by atoms with E-state index in [4.69, 9.17) is 4.74 Å². The molecule has 0 aliphatic heterocycles. The van der Waals surface area contributed by atoms with Gasteiger partial charge in [0.1, 0.15) is 0 Å². The number of hydrogen-bond acceptors (Lipinski definition) is 5. The lowest BCUT2D eigenvalue weighted by atomic mass is 10.2. The molecule has 1 amide bonds. The molecule has 0 saturated heterocycles. The third kappa shape index (κ3) is 4.60. The minimum atomic E-state index is -0.848. The molecule has 0 fully saturated rings. The summed E-state index contributed by atoms with van der Waals surface area (Å²) in [4.78, 5) is 21.5. The fourth-order valence-electron chi connectivity index (χ4n) is 1.35. The first-order valence-corrected chi connectivity index (χ1v) is 5.48. The third-order valence-corrected chi connectivity index (χ3v) is 2.22. The maximum absolute atomic E-state index is 13.5. The van der Waals surface area contributed by atoms with Gasteiger partial charge in [-0.15, -0.1) is 0 Å². The molecule has 0 unspecified atom stereocenters. The number of ether oxygens (including phenoxy) is 1. The van der Waals surface area contributed by atoms with Crippen LogP contribution >= 0.6 is 0 Å². The van der Waals surface area contributed by atoms with Crippen LogP contribution in [0.4, 0.5) is 15.8 Å². The summed E-state index contributed by atoms with van der Waals surface area (Å²) < 4.78 is 18.2. The van der Waals surface area contributed by atoms with Crippen LogP contribution in [0.2, 0.25) is 0 Å². The van der Waals surface area contributed by atoms with Gasteiger partial charge < -0.3 is 15.4 Å². The highest BCUT2D eigenvalue weighted by Gasteiger charge is 2.19. The number of nitro benzene ring substituents is 1. The van der Waals surface area contributed by atoms with Crippen LogP contribution in [-0.2, 0) is 9.53 Å². The lowest BCUT2D eigenvalue weighted by Gasteiger charge is -2.07. The molecule has 1 aromatic rings. The molecule has 0 aliphatic rings. The molecule has 19 heavy (non-hydrogen) atoms. The summed E-state index contributed by atoms with van der Waals surface area (Å²) in [6.07, 6.45) is 0. The summed E-state index contributed by atoms with van der Waals surface area (Å²) in [5, 5.41) is 15.6. The van der Waals surface area contributed by atoms with E-state index in [-0.39, 0.29) is 6.54 Å². The molecule has 0 saturated carbocycles. The van der Waals surface area contributed by atoms with Gasteiger partial charge in [0.25, 0.3) is 5.69 Å². The number of hydrogen-bond donors (Lipinski definition) is 2. The first kappa shape index (κ1) is 15.0. The Labute approximate surface area is 108 Å². The number of para-hydroxylation sites is 1. The molecule has 0 radical (unpaired) electrons. The van der Waals surface area contributed by atoms with Crippen LogP contribution in [0, 0.1) is 15.9 Å². The van der Waals surface area contributed by atoms with Crippen molar-refractivity contribution >= 4 is 17.3 Å². The predicted molar refractivity (Wildman–Crippen MR) is 66.4 cm³/mol. The quantitative estimate of drug-likeness (QED) is 0.437. The van der Waals surface area contributed by atoms with Crippen molar-refractivity contribution in [2.45, 2.75) is 0 Å². The topological polar surface area (TPSA) is 93.5 Å². The average Bonchev–Trinajstić information content (AvgIpc) is 2.37. The average molecular weight is 271 g/mol. The number of nitrogens with one attached hydrogen (secondary N) is 2. The van der Waals surface area contributed by atoms with Crippen LogP contribution in [-0.4, -0.2) is 37.6 Å². The predicted octanol–water partition coefficient (Wildman–Crippen LogP) is 0.908. The second kappa shape index (κ2) is 7.39. The normalized spacial score (nSPS) is 10.2. The molecule has 0 atom stereocenters. The molecule has 0 heterocycles. The largest absolute Gasteiger partial charge is 0.383 e. The van der Waals surface area contributed by atoms with Crippen LogP contribution < -0.4 is 10.6 Å².